The van der Waals surface area contributed by atoms with Gasteiger partial charge < -0.3 is 10.5 Å². The zero-order valence-electron chi connectivity index (χ0n) is 10.5. The molecule has 0 aliphatic carbocycles. The van der Waals surface area contributed by atoms with E-state index >= 15 is 0 Å². The SMILES string of the molecule is N[C@@H](c1ccc(OC(F)(F)F)cc1)c1c(F)cccc1F. The summed E-state index contributed by atoms with van der Waals surface area (Å²) in [5, 5.41) is 0. The predicted molar refractivity (Wildman–Crippen MR) is 65.5 cm³/mol. The van der Waals surface area contributed by atoms with Crippen molar-refractivity contribution in [1.82, 2.24) is 0 Å². The second-order valence-corrected chi connectivity index (χ2v) is 4.23. The summed E-state index contributed by atoms with van der Waals surface area (Å²) in [4.78, 5) is 0. The Kier molecular flexibility index (Phi) is 4.13. The molecule has 21 heavy (non-hydrogen) atoms. The van der Waals surface area contributed by atoms with Crippen LogP contribution in [-0.4, -0.2) is 6.36 Å². The van der Waals surface area contributed by atoms with Crippen molar-refractivity contribution in [3.05, 3.63) is 65.2 Å². The summed E-state index contributed by atoms with van der Waals surface area (Å²) >= 11 is 0. The lowest BCUT2D eigenvalue weighted by Gasteiger charge is -2.15. The van der Waals surface area contributed by atoms with E-state index < -0.39 is 29.8 Å². The van der Waals surface area contributed by atoms with E-state index in [1.54, 1.807) is 0 Å². The van der Waals surface area contributed by atoms with E-state index in [4.69, 9.17) is 5.73 Å². The molecule has 2 rings (SSSR count). The third kappa shape index (κ3) is 3.69. The molecule has 112 valence electrons. The Morgan fingerprint density at radius 1 is 0.905 bits per heavy atom. The van der Waals surface area contributed by atoms with Crippen molar-refractivity contribution in [3.8, 4) is 5.75 Å². The van der Waals surface area contributed by atoms with Gasteiger partial charge in [0.1, 0.15) is 17.4 Å². The molecule has 0 saturated carbocycles. The first-order valence-corrected chi connectivity index (χ1v) is 5.83. The molecule has 0 spiro atoms. The van der Waals surface area contributed by atoms with Crippen molar-refractivity contribution in [2.75, 3.05) is 0 Å². The molecule has 0 radical (unpaired) electrons. The summed E-state index contributed by atoms with van der Waals surface area (Å²) in [6, 6.07) is 6.67. The Balaban J connectivity index is 2.26. The lowest BCUT2D eigenvalue weighted by molar-refractivity contribution is -0.274. The summed E-state index contributed by atoms with van der Waals surface area (Å²) < 4.78 is 67.0. The highest BCUT2D eigenvalue weighted by Gasteiger charge is 2.31. The van der Waals surface area contributed by atoms with Crippen LogP contribution in [-0.2, 0) is 0 Å². The van der Waals surface area contributed by atoms with Crippen LogP contribution in [0.4, 0.5) is 22.0 Å². The van der Waals surface area contributed by atoms with Crippen molar-refractivity contribution >= 4 is 0 Å². The number of nitrogens with two attached hydrogens (primary N) is 1. The molecule has 0 heterocycles. The summed E-state index contributed by atoms with van der Waals surface area (Å²) in [5.41, 5.74) is 5.66. The highest BCUT2D eigenvalue weighted by molar-refractivity contribution is 5.36. The van der Waals surface area contributed by atoms with Gasteiger partial charge in [0.25, 0.3) is 0 Å². The van der Waals surface area contributed by atoms with Gasteiger partial charge in [-0.25, -0.2) is 8.78 Å². The first-order chi connectivity index (χ1) is 9.78. The van der Waals surface area contributed by atoms with Gasteiger partial charge in [0.2, 0.25) is 0 Å². The number of benzene rings is 2. The second kappa shape index (κ2) is 5.69. The Morgan fingerprint density at radius 3 is 1.90 bits per heavy atom. The molecule has 0 aliphatic rings. The summed E-state index contributed by atoms with van der Waals surface area (Å²) in [6.07, 6.45) is -4.80. The molecular weight excluding hydrogens is 293 g/mol. The Morgan fingerprint density at radius 2 is 1.43 bits per heavy atom. The van der Waals surface area contributed by atoms with Crippen molar-refractivity contribution in [1.29, 1.82) is 0 Å². The summed E-state index contributed by atoms with van der Waals surface area (Å²) in [7, 11) is 0. The molecule has 0 bridgehead atoms. The highest BCUT2D eigenvalue weighted by atomic mass is 19.4. The monoisotopic (exact) mass is 303 g/mol. The standard InChI is InChI=1S/C14H10F5NO/c15-10-2-1-3-11(16)12(10)13(20)8-4-6-9(7-5-8)21-14(17,18)19/h1-7,13H,20H2/t13-/m0/s1. The molecule has 2 nitrogen and oxygen atoms in total. The van der Waals surface area contributed by atoms with Gasteiger partial charge in [-0.15, -0.1) is 13.2 Å². The highest BCUT2D eigenvalue weighted by Crippen LogP contribution is 2.28. The summed E-state index contributed by atoms with van der Waals surface area (Å²) in [6.45, 7) is 0. The van der Waals surface area contributed by atoms with Crippen LogP contribution in [0.3, 0.4) is 0 Å². The van der Waals surface area contributed by atoms with Gasteiger partial charge in [0, 0.05) is 5.56 Å². The fourth-order valence-corrected chi connectivity index (χ4v) is 1.85. The van der Waals surface area contributed by atoms with Gasteiger partial charge in [-0.05, 0) is 29.8 Å². The van der Waals surface area contributed by atoms with Crippen LogP contribution in [0.2, 0.25) is 0 Å². The first-order valence-electron chi connectivity index (χ1n) is 5.83. The Bertz CT molecular complexity index is 604. The third-order valence-corrected chi connectivity index (χ3v) is 2.78. The fraction of sp³-hybridized carbons (Fsp3) is 0.143. The van der Waals surface area contributed by atoms with E-state index in [1.165, 1.54) is 18.2 Å². The van der Waals surface area contributed by atoms with Crippen LogP contribution >= 0.6 is 0 Å². The average Bonchev–Trinajstić information content (AvgIpc) is 2.37. The van der Waals surface area contributed by atoms with Crippen LogP contribution in [0.1, 0.15) is 17.2 Å². The molecular formula is C14H10F5NO. The zero-order valence-corrected chi connectivity index (χ0v) is 10.5. The van der Waals surface area contributed by atoms with Crippen molar-refractivity contribution in [2.45, 2.75) is 12.4 Å². The molecule has 1 atom stereocenters. The van der Waals surface area contributed by atoms with E-state index in [-0.39, 0.29) is 11.1 Å². The minimum absolute atomic E-state index is 0.258. The van der Waals surface area contributed by atoms with Gasteiger partial charge in [0.05, 0.1) is 6.04 Å². The van der Waals surface area contributed by atoms with Gasteiger partial charge >= 0.3 is 6.36 Å². The Labute approximate surface area is 116 Å². The van der Waals surface area contributed by atoms with E-state index in [2.05, 4.69) is 4.74 Å². The lowest BCUT2D eigenvalue weighted by Crippen LogP contribution is -2.18. The molecule has 0 saturated heterocycles. The van der Waals surface area contributed by atoms with Gasteiger partial charge in [0.15, 0.2) is 0 Å². The van der Waals surface area contributed by atoms with E-state index in [1.807, 2.05) is 0 Å². The topological polar surface area (TPSA) is 35.2 Å². The molecule has 0 amide bonds. The average molecular weight is 303 g/mol. The van der Waals surface area contributed by atoms with Crippen LogP contribution in [0.5, 0.6) is 5.75 Å². The van der Waals surface area contributed by atoms with Gasteiger partial charge in [-0.3, -0.25) is 0 Å². The third-order valence-electron chi connectivity index (χ3n) is 2.78. The number of rotatable bonds is 3. The van der Waals surface area contributed by atoms with Gasteiger partial charge in [-0.1, -0.05) is 18.2 Å². The van der Waals surface area contributed by atoms with Crippen LogP contribution < -0.4 is 10.5 Å². The zero-order chi connectivity index (χ0) is 15.6. The minimum atomic E-state index is -4.80. The quantitative estimate of drug-likeness (QED) is 0.873. The minimum Gasteiger partial charge on any atom is -0.406 e. The number of hydrogen-bond acceptors (Lipinski definition) is 2. The maximum absolute atomic E-state index is 13.6. The number of hydrogen-bond donors (Lipinski definition) is 1. The molecule has 2 N–H and O–H groups in total. The lowest BCUT2D eigenvalue weighted by atomic mass is 9.98. The van der Waals surface area contributed by atoms with Crippen molar-refractivity contribution in [3.63, 3.8) is 0 Å². The molecule has 7 heteroatoms. The van der Waals surface area contributed by atoms with Crippen LogP contribution in [0.15, 0.2) is 42.5 Å². The molecule has 2 aromatic carbocycles. The van der Waals surface area contributed by atoms with Crippen molar-refractivity contribution < 1.29 is 26.7 Å². The van der Waals surface area contributed by atoms with E-state index in [0.717, 1.165) is 24.3 Å². The Hall–Kier alpha value is -2.15. The van der Waals surface area contributed by atoms with Crippen LogP contribution in [0, 0.1) is 11.6 Å². The number of ether oxygens (including phenoxy) is 1. The number of alkyl halides is 3. The molecule has 0 aromatic heterocycles. The van der Waals surface area contributed by atoms with Gasteiger partial charge in [-0.2, -0.15) is 0 Å². The largest absolute Gasteiger partial charge is 0.573 e. The fourth-order valence-electron chi connectivity index (χ4n) is 1.85. The smallest absolute Gasteiger partial charge is 0.406 e. The molecule has 0 fully saturated rings. The molecule has 2 aromatic rings. The van der Waals surface area contributed by atoms with Crippen molar-refractivity contribution in [2.24, 2.45) is 5.73 Å². The number of halogens is 5. The molecule has 0 aliphatic heterocycles. The second-order valence-electron chi connectivity index (χ2n) is 4.23. The van der Waals surface area contributed by atoms with E-state index in [9.17, 15) is 22.0 Å². The van der Waals surface area contributed by atoms with E-state index in [0.29, 0.717) is 0 Å². The summed E-state index contributed by atoms with van der Waals surface area (Å²) in [5.74, 6) is -2.08. The molecule has 0 unspecified atom stereocenters. The maximum atomic E-state index is 13.6. The predicted octanol–water partition coefficient (Wildman–Crippen LogP) is 3.91. The first kappa shape index (κ1) is 15.2. The van der Waals surface area contributed by atoms with Crippen LogP contribution in [0.25, 0.3) is 0 Å². The maximum Gasteiger partial charge on any atom is 0.573 e. The normalized spacial score (nSPS) is 13.0.